The molecule has 176 valence electrons. The number of nitrogens with zero attached hydrogens (tertiary/aromatic N) is 3. The maximum Gasteiger partial charge on any atom is 0.416 e. The summed E-state index contributed by atoms with van der Waals surface area (Å²) in [5.41, 5.74) is 0.439. The molecule has 4 rings (SSSR count). The molecule has 2 aliphatic rings. The van der Waals surface area contributed by atoms with Crippen LogP contribution in [0.3, 0.4) is 0 Å². The van der Waals surface area contributed by atoms with E-state index < -0.39 is 11.7 Å². The Morgan fingerprint density at radius 3 is 2.53 bits per heavy atom. The van der Waals surface area contributed by atoms with Crippen molar-refractivity contribution in [3.05, 3.63) is 29.1 Å². The van der Waals surface area contributed by atoms with E-state index in [0.29, 0.717) is 17.2 Å². The van der Waals surface area contributed by atoms with E-state index in [1.807, 2.05) is 17.3 Å². The Bertz CT molecular complexity index is 915. The number of thiophene rings is 1. The number of piperazine rings is 1. The van der Waals surface area contributed by atoms with E-state index in [4.69, 9.17) is 0 Å². The number of anilines is 1. The van der Waals surface area contributed by atoms with E-state index in [1.54, 1.807) is 6.07 Å². The number of hydrogen-bond donors (Lipinski definition) is 0. The van der Waals surface area contributed by atoms with Gasteiger partial charge in [0.2, 0.25) is 5.91 Å². The lowest BCUT2D eigenvalue weighted by Crippen LogP contribution is -2.46. The smallest absolute Gasteiger partial charge is 0.368 e. The summed E-state index contributed by atoms with van der Waals surface area (Å²) in [6, 6.07) is 4.45. The molecule has 1 aromatic carbocycles. The van der Waals surface area contributed by atoms with Crippen LogP contribution in [0.5, 0.6) is 0 Å². The Labute approximate surface area is 192 Å². The topological polar surface area (TPSA) is 26.8 Å². The molecule has 1 amide bonds. The molecule has 1 saturated carbocycles. The van der Waals surface area contributed by atoms with Gasteiger partial charge in [0.15, 0.2) is 0 Å². The molecule has 2 fully saturated rings. The van der Waals surface area contributed by atoms with Crippen LogP contribution in [0.15, 0.2) is 23.6 Å². The number of carbonyl (C=O) groups is 1. The third kappa shape index (κ3) is 5.39. The van der Waals surface area contributed by atoms with E-state index in [1.165, 1.54) is 42.7 Å². The van der Waals surface area contributed by atoms with Gasteiger partial charge in [0, 0.05) is 61.2 Å². The van der Waals surface area contributed by atoms with Crippen LogP contribution in [0.1, 0.15) is 50.5 Å². The van der Waals surface area contributed by atoms with Crippen LogP contribution in [0.25, 0.3) is 10.1 Å². The van der Waals surface area contributed by atoms with Crippen molar-refractivity contribution in [2.24, 2.45) is 0 Å². The quantitative estimate of drug-likeness (QED) is 0.552. The molecule has 1 aromatic heterocycles. The molecule has 0 spiro atoms. The number of alkyl halides is 3. The molecule has 2 aromatic rings. The number of amides is 1. The van der Waals surface area contributed by atoms with Crippen LogP contribution in [-0.2, 0) is 11.0 Å². The van der Waals surface area contributed by atoms with Crippen LogP contribution in [-0.4, -0.2) is 61.5 Å². The van der Waals surface area contributed by atoms with Gasteiger partial charge in [-0.3, -0.25) is 9.69 Å². The Kier molecular flexibility index (Phi) is 7.30. The van der Waals surface area contributed by atoms with Crippen LogP contribution in [0.4, 0.5) is 18.9 Å². The summed E-state index contributed by atoms with van der Waals surface area (Å²) in [5.74, 6) is 0.263. The predicted octanol–water partition coefficient (Wildman–Crippen LogP) is 5.61. The number of fused-ring (bicyclic) bond motifs is 1. The number of rotatable bonds is 6. The minimum absolute atomic E-state index is 0.263. The second kappa shape index (κ2) is 10.00. The van der Waals surface area contributed by atoms with Gasteiger partial charge in [-0.15, -0.1) is 11.3 Å². The molecule has 8 heteroatoms. The summed E-state index contributed by atoms with van der Waals surface area (Å²) >= 11 is 1.37. The zero-order valence-corrected chi connectivity index (χ0v) is 19.5. The summed E-state index contributed by atoms with van der Waals surface area (Å²) in [7, 11) is 1.96. The fraction of sp³-hybridized carbons (Fsp3) is 0.625. The summed E-state index contributed by atoms with van der Waals surface area (Å²) in [6.07, 6.45) is 3.20. The van der Waals surface area contributed by atoms with Gasteiger partial charge in [-0.2, -0.15) is 13.2 Å². The number of halogens is 3. The molecule has 32 heavy (non-hydrogen) atoms. The minimum atomic E-state index is -4.31. The van der Waals surface area contributed by atoms with Crippen molar-refractivity contribution in [3.8, 4) is 0 Å². The summed E-state index contributed by atoms with van der Waals surface area (Å²) < 4.78 is 39.6. The summed E-state index contributed by atoms with van der Waals surface area (Å²) in [4.78, 5) is 19.2. The van der Waals surface area contributed by atoms with Crippen molar-refractivity contribution < 1.29 is 18.0 Å². The monoisotopic (exact) mass is 467 g/mol. The summed E-state index contributed by atoms with van der Waals surface area (Å²) in [5, 5.41) is 2.87. The van der Waals surface area contributed by atoms with Crippen molar-refractivity contribution in [3.63, 3.8) is 0 Å². The molecule has 4 nitrogen and oxygen atoms in total. The highest BCUT2D eigenvalue weighted by Crippen LogP contribution is 2.38. The zero-order valence-electron chi connectivity index (χ0n) is 18.7. The Hall–Kier alpha value is -1.80. The van der Waals surface area contributed by atoms with Crippen molar-refractivity contribution in [2.45, 2.75) is 57.2 Å². The predicted molar refractivity (Wildman–Crippen MR) is 124 cm³/mol. The molecule has 0 bridgehead atoms. The van der Waals surface area contributed by atoms with Crippen LogP contribution in [0, 0.1) is 0 Å². The van der Waals surface area contributed by atoms with Crippen molar-refractivity contribution >= 4 is 33.0 Å². The minimum Gasteiger partial charge on any atom is -0.368 e. The van der Waals surface area contributed by atoms with Gasteiger partial charge < -0.3 is 9.80 Å². The van der Waals surface area contributed by atoms with E-state index in [-0.39, 0.29) is 5.91 Å². The molecule has 0 unspecified atom stereocenters. The molecular formula is C24H32F3N3OS. The van der Waals surface area contributed by atoms with Crippen LogP contribution >= 0.6 is 11.3 Å². The number of carbonyl (C=O) groups excluding carboxylic acids is 1. The first-order valence-electron chi connectivity index (χ1n) is 11.6. The standard InChI is InChI=1S/C24H32F3N3OS/c1-28(19-6-3-2-4-7-19)23(31)8-5-11-29-12-14-30(15-13-29)21-17-32-22-16-18(24(25,26)27)9-10-20(21)22/h9-10,16-17,19H,2-8,11-15H2,1H3. The average Bonchev–Trinajstić information content (AvgIpc) is 3.22. The van der Waals surface area contributed by atoms with E-state index in [9.17, 15) is 18.0 Å². The molecule has 0 N–H and O–H groups in total. The van der Waals surface area contributed by atoms with Crippen molar-refractivity contribution in [1.29, 1.82) is 0 Å². The first-order valence-corrected chi connectivity index (χ1v) is 12.5. The lowest BCUT2D eigenvalue weighted by molar-refractivity contribution is -0.137. The van der Waals surface area contributed by atoms with Crippen LogP contribution in [0.2, 0.25) is 0 Å². The molecule has 1 saturated heterocycles. The largest absolute Gasteiger partial charge is 0.416 e. The highest BCUT2D eigenvalue weighted by Gasteiger charge is 2.31. The van der Waals surface area contributed by atoms with Gasteiger partial charge in [-0.25, -0.2) is 0 Å². The number of hydrogen-bond acceptors (Lipinski definition) is 4. The van der Waals surface area contributed by atoms with E-state index >= 15 is 0 Å². The Morgan fingerprint density at radius 2 is 1.84 bits per heavy atom. The second-order valence-electron chi connectivity index (χ2n) is 9.06. The normalized spacial score (nSPS) is 18.9. The van der Waals surface area contributed by atoms with Gasteiger partial charge in [-0.05, 0) is 37.9 Å². The SMILES string of the molecule is CN(C(=O)CCCN1CCN(c2csc3cc(C(F)(F)F)ccc23)CC1)C1CCCCC1. The molecule has 1 aliphatic carbocycles. The van der Waals surface area contributed by atoms with Crippen molar-refractivity contribution in [1.82, 2.24) is 9.80 Å². The van der Waals surface area contributed by atoms with Gasteiger partial charge in [0.25, 0.3) is 0 Å². The van der Waals surface area contributed by atoms with E-state index in [2.05, 4.69) is 9.80 Å². The van der Waals surface area contributed by atoms with Gasteiger partial charge in [0.1, 0.15) is 0 Å². The van der Waals surface area contributed by atoms with E-state index in [0.717, 1.165) is 63.1 Å². The molecule has 2 heterocycles. The Balaban J connectivity index is 1.24. The van der Waals surface area contributed by atoms with Gasteiger partial charge in [0.05, 0.1) is 11.3 Å². The summed E-state index contributed by atoms with van der Waals surface area (Å²) in [6.45, 7) is 4.43. The third-order valence-corrected chi connectivity index (χ3v) is 7.91. The number of benzene rings is 1. The average molecular weight is 468 g/mol. The zero-order chi connectivity index (χ0) is 22.7. The lowest BCUT2D eigenvalue weighted by Gasteiger charge is -2.36. The maximum absolute atomic E-state index is 13.0. The lowest BCUT2D eigenvalue weighted by atomic mass is 9.94. The van der Waals surface area contributed by atoms with Gasteiger partial charge >= 0.3 is 6.18 Å². The first-order chi connectivity index (χ1) is 15.3. The fourth-order valence-corrected chi connectivity index (χ4v) is 5.96. The fourth-order valence-electron chi connectivity index (χ4n) is 4.95. The van der Waals surface area contributed by atoms with Crippen molar-refractivity contribution in [2.75, 3.05) is 44.7 Å². The first kappa shape index (κ1) is 23.4. The Morgan fingerprint density at radius 1 is 1.12 bits per heavy atom. The highest BCUT2D eigenvalue weighted by molar-refractivity contribution is 7.17. The van der Waals surface area contributed by atoms with Gasteiger partial charge in [-0.1, -0.05) is 25.3 Å². The van der Waals surface area contributed by atoms with Crippen LogP contribution < -0.4 is 4.90 Å². The second-order valence-corrected chi connectivity index (χ2v) is 9.97. The molecular weight excluding hydrogens is 435 g/mol. The molecule has 1 aliphatic heterocycles. The molecule has 0 atom stereocenters. The third-order valence-electron chi connectivity index (χ3n) is 6.98. The highest BCUT2D eigenvalue weighted by atomic mass is 32.1. The molecule has 0 radical (unpaired) electrons. The maximum atomic E-state index is 13.0.